The Hall–Kier alpha value is -2.54. The molecule has 0 bridgehead atoms. The molecular formula is C14H12N2O2. The molecule has 1 aromatic heterocycles. The molecule has 90 valence electrons. The maximum absolute atomic E-state index is 8.98. The lowest BCUT2D eigenvalue weighted by Crippen LogP contribution is -1.93. The summed E-state index contributed by atoms with van der Waals surface area (Å²) in [5.41, 5.74) is 1.22. The average molecular weight is 240 g/mol. The molecule has 0 radical (unpaired) electrons. The third-order valence-corrected chi connectivity index (χ3v) is 2.39. The van der Waals surface area contributed by atoms with Gasteiger partial charge in [-0.2, -0.15) is 5.26 Å². The van der Waals surface area contributed by atoms with Crippen LogP contribution in [0.3, 0.4) is 0 Å². The van der Waals surface area contributed by atoms with Gasteiger partial charge in [-0.3, -0.25) is 0 Å². The minimum absolute atomic E-state index is 0.322. The maximum Gasteiger partial charge on any atom is 0.237 e. The zero-order chi connectivity index (χ0) is 13.0. The Morgan fingerprint density at radius 1 is 1.06 bits per heavy atom. The largest absolute Gasteiger partial charge is 0.497 e. The number of aryl methyl sites for hydroxylation is 1. The fourth-order valence-electron chi connectivity index (χ4n) is 1.45. The standard InChI is InChI=1S/C14H12N2O2/c1-10-3-4-11(9-15)14(16-10)18-13-7-5-12(17-2)6-8-13/h3-8H,1-2H3. The van der Waals surface area contributed by atoms with Crippen LogP contribution in [0, 0.1) is 18.3 Å². The van der Waals surface area contributed by atoms with Crippen molar-refractivity contribution in [1.29, 1.82) is 5.26 Å². The Bertz CT molecular complexity index is 586. The SMILES string of the molecule is COc1ccc(Oc2nc(C)ccc2C#N)cc1. The normalized spacial score (nSPS) is 9.61. The third-order valence-electron chi connectivity index (χ3n) is 2.39. The molecule has 0 aliphatic rings. The van der Waals surface area contributed by atoms with Crippen molar-refractivity contribution in [1.82, 2.24) is 4.98 Å². The Morgan fingerprint density at radius 3 is 2.33 bits per heavy atom. The summed E-state index contributed by atoms with van der Waals surface area (Å²) < 4.78 is 10.7. The molecule has 0 fully saturated rings. The van der Waals surface area contributed by atoms with Gasteiger partial charge in [0.2, 0.25) is 5.88 Å². The molecule has 0 spiro atoms. The molecule has 2 aromatic rings. The molecule has 0 N–H and O–H groups in total. The van der Waals surface area contributed by atoms with Crippen molar-refractivity contribution in [3.8, 4) is 23.4 Å². The summed E-state index contributed by atoms with van der Waals surface area (Å²) in [4.78, 5) is 4.21. The Balaban J connectivity index is 2.27. The zero-order valence-electron chi connectivity index (χ0n) is 10.2. The van der Waals surface area contributed by atoms with E-state index in [2.05, 4.69) is 11.1 Å². The van der Waals surface area contributed by atoms with Gasteiger partial charge < -0.3 is 9.47 Å². The van der Waals surface area contributed by atoms with E-state index in [0.717, 1.165) is 11.4 Å². The Kier molecular flexibility index (Phi) is 3.44. The van der Waals surface area contributed by atoms with Gasteiger partial charge in [0.05, 0.1) is 7.11 Å². The van der Waals surface area contributed by atoms with Gasteiger partial charge >= 0.3 is 0 Å². The highest BCUT2D eigenvalue weighted by molar-refractivity contribution is 5.42. The van der Waals surface area contributed by atoms with Crippen LogP contribution in [0.2, 0.25) is 0 Å². The summed E-state index contributed by atoms with van der Waals surface area (Å²) in [5.74, 6) is 1.69. The number of pyridine rings is 1. The first-order chi connectivity index (χ1) is 8.72. The van der Waals surface area contributed by atoms with Crippen molar-refractivity contribution in [3.05, 3.63) is 47.7 Å². The van der Waals surface area contributed by atoms with Crippen LogP contribution in [0.25, 0.3) is 0 Å². The number of methoxy groups -OCH3 is 1. The van der Waals surface area contributed by atoms with Crippen LogP contribution < -0.4 is 9.47 Å². The first-order valence-electron chi connectivity index (χ1n) is 5.42. The van der Waals surface area contributed by atoms with E-state index in [0.29, 0.717) is 17.2 Å². The van der Waals surface area contributed by atoms with Gasteiger partial charge in [0.15, 0.2) is 0 Å². The van der Waals surface area contributed by atoms with Gasteiger partial charge in [-0.15, -0.1) is 0 Å². The summed E-state index contributed by atoms with van der Waals surface area (Å²) in [6, 6.07) is 12.6. The van der Waals surface area contributed by atoms with Crippen LogP contribution in [-0.4, -0.2) is 12.1 Å². The van der Waals surface area contributed by atoms with E-state index in [1.807, 2.05) is 6.92 Å². The van der Waals surface area contributed by atoms with Crippen molar-refractivity contribution in [2.75, 3.05) is 7.11 Å². The summed E-state index contributed by atoms with van der Waals surface area (Å²) in [5, 5.41) is 8.98. The number of benzene rings is 1. The van der Waals surface area contributed by atoms with Gasteiger partial charge in [0.25, 0.3) is 0 Å². The number of aromatic nitrogens is 1. The number of hydrogen-bond acceptors (Lipinski definition) is 4. The molecule has 1 heterocycles. The van der Waals surface area contributed by atoms with Crippen LogP contribution in [0.5, 0.6) is 17.4 Å². The van der Waals surface area contributed by atoms with Gasteiger partial charge in [-0.1, -0.05) is 0 Å². The topological polar surface area (TPSA) is 55.1 Å². The monoisotopic (exact) mass is 240 g/mol. The highest BCUT2D eigenvalue weighted by Gasteiger charge is 2.06. The van der Waals surface area contributed by atoms with E-state index in [1.54, 1.807) is 43.5 Å². The van der Waals surface area contributed by atoms with Crippen LogP contribution in [-0.2, 0) is 0 Å². The van der Waals surface area contributed by atoms with Crippen LogP contribution in [0.1, 0.15) is 11.3 Å². The second kappa shape index (κ2) is 5.19. The number of nitrogens with zero attached hydrogens (tertiary/aromatic N) is 2. The second-order valence-corrected chi connectivity index (χ2v) is 3.69. The van der Waals surface area contributed by atoms with Crippen molar-refractivity contribution in [3.63, 3.8) is 0 Å². The maximum atomic E-state index is 8.98. The lowest BCUT2D eigenvalue weighted by molar-refractivity contribution is 0.412. The molecule has 0 saturated heterocycles. The van der Waals surface area contributed by atoms with Crippen molar-refractivity contribution in [2.45, 2.75) is 6.92 Å². The van der Waals surface area contributed by atoms with Crippen LogP contribution in [0.15, 0.2) is 36.4 Å². The predicted octanol–water partition coefficient (Wildman–Crippen LogP) is 3.06. The zero-order valence-corrected chi connectivity index (χ0v) is 10.2. The molecule has 0 aliphatic heterocycles. The molecule has 0 saturated carbocycles. The number of hydrogen-bond donors (Lipinski definition) is 0. The molecule has 2 rings (SSSR count). The first kappa shape index (κ1) is 11.9. The lowest BCUT2D eigenvalue weighted by Gasteiger charge is -2.07. The second-order valence-electron chi connectivity index (χ2n) is 3.69. The van der Waals surface area contributed by atoms with E-state index in [4.69, 9.17) is 14.7 Å². The fraction of sp³-hybridized carbons (Fsp3) is 0.143. The molecule has 1 aromatic carbocycles. The minimum atomic E-state index is 0.322. The van der Waals surface area contributed by atoms with Crippen molar-refractivity contribution in [2.24, 2.45) is 0 Å². The summed E-state index contributed by atoms with van der Waals surface area (Å²) in [6.07, 6.45) is 0. The highest BCUT2D eigenvalue weighted by Crippen LogP contribution is 2.25. The third kappa shape index (κ3) is 2.58. The van der Waals surface area contributed by atoms with E-state index >= 15 is 0 Å². The molecule has 18 heavy (non-hydrogen) atoms. The highest BCUT2D eigenvalue weighted by atomic mass is 16.5. The van der Waals surface area contributed by atoms with Crippen molar-refractivity contribution < 1.29 is 9.47 Å². The van der Waals surface area contributed by atoms with E-state index < -0.39 is 0 Å². The van der Waals surface area contributed by atoms with E-state index in [-0.39, 0.29) is 0 Å². The quantitative estimate of drug-likeness (QED) is 0.827. The number of nitriles is 1. The average Bonchev–Trinajstić information content (AvgIpc) is 2.40. The smallest absolute Gasteiger partial charge is 0.237 e. The number of rotatable bonds is 3. The molecule has 0 atom stereocenters. The minimum Gasteiger partial charge on any atom is -0.497 e. The summed E-state index contributed by atoms with van der Waals surface area (Å²) in [7, 11) is 1.60. The van der Waals surface area contributed by atoms with Gasteiger partial charge in [0.1, 0.15) is 23.1 Å². The molecular weight excluding hydrogens is 228 g/mol. The summed E-state index contributed by atoms with van der Waals surface area (Å²) in [6.45, 7) is 1.85. The van der Waals surface area contributed by atoms with Crippen molar-refractivity contribution >= 4 is 0 Å². The predicted molar refractivity (Wildman–Crippen MR) is 66.8 cm³/mol. The molecule has 4 nitrogen and oxygen atoms in total. The van der Waals surface area contributed by atoms with Crippen LogP contribution >= 0.6 is 0 Å². The van der Waals surface area contributed by atoms with Crippen LogP contribution in [0.4, 0.5) is 0 Å². The molecule has 0 unspecified atom stereocenters. The van der Waals surface area contributed by atoms with Gasteiger partial charge in [-0.25, -0.2) is 4.98 Å². The van der Waals surface area contributed by atoms with E-state index in [9.17, 15) is 0 Å². The lowest BCUT2D eigenvalue weighted by atomic mass is 10.2. The van der Waals surface area contributed by atoms with E-state index in [1.165, 1.54) is 0 Å². The molecule has 4 heteroatoms. The molecule has 0 aliphatic carbocycles. The molecule has 0 amide bonds. The Labute approximate surface area is 105 Å². The van der Waals surface area contributed by atoms with Gasteiger partial charge in [0, 0.05) is 5.69 Å². The van der Waals surface area contributed by atoms with Gasteiger partial charge in [-0.05, 0) is 43.3 Å². The number of ether oxygens (including phenoxy) is 2. The summed E-state index contributed by atoms with van der Waals surface area (Å²) >= 11 is 0. The Morgan fingerprint density at radius 2 is 1.72 bits per heavy atom. The first-order valence-corrected chi connectivity index (χ1v) is 5.42. The fourth-order valence-corrected chi connectivity index (χ4v) is 1.45.